The largest absolute Gasteiger partial charge is 0.359 e. The van der Waals surface area contributed by atoms with Gasteiger partial charge in [-0.25, -0.2) is 4.39 Å². The van der Waals surface area contributed by atoms with E-state index in [-0.39, 0.29) is 11.7 Å². The van der Waals surface area contributed by atoms with E-state index in [2.05, 4.69) is 5.16 Å². The quantitative estimate of drug-likeness (QED) is 0.731. The Bertz CT molecular complexity index is 481. The molecule has 78 valence electrons. The first-order valence-electron chi connectivity index (χ1n) is 4.49. The number of alkyl halides is 1. The fourth-order valence-corrected chi connectivity index (χ4v) is 1.46. The van der Waals surface area contributed by atoms with Crippen LogP contribution in [0.3, 0.4) is 0 Å². The standard InChI is InChI=1S/C11H9ClFNO/c1-7-2-3-10(13)9(4-7)11-5-8(6-12)15-14-11/h2-5H,6H2,1H3. The van der Waals surface area contributed by atoms with Gasteiger partial charge in [-0.05, 0) is 19.1 Å². The number of hydrogen-bond acceptors (Lipinski definition) is 2. The van der Waals surface area contributed by atoms with Crippen LogP contribution >= 0.6 is 11.6 Å². The third-order valence-corrected chi connectivity index (χ3v) is 2.35. The molecule has 0 fully saturated rings. The number of hydrogen-bond donors (Lipinski definition) is 0. The molecule has 0 saturated carbocycles. The van der Waals surface area contributed by atoms with Crippen molar-refractivity contribution in [2.45, 2.75) is 12.8 Å². The molecule has 1 aromatic heterocycles. The number of benzene rings is 1. The molecule has 0 atom stereocenters. The van der Waals surface area contributed by atoms with Crippen LogP contribution < -0.4 is 0 Å². The van der Waals surface area contributed by atoms with Gasteiger partial charge in [-0.15, -0.1) is 11.6 Å². The fourth-order valence-electron chi connectivity index (χ4n) is 1.34. The molecule has 0 spiro atoms. The van der Waals surface area contributed by atoms with E-state index in [4.69, 9.17) is 16.1 Å². The summed E-state index contributed by atoms with van der Waals surface area (Å²) in [5.41, 5.74) is 1.89. The van der Waals surface area contributed by atoms with Crippen LogP contribution in [0.4, 0.5) is 4.39 Å². The van der Waals surface area contributed by atoms with Gasteiger partial charge in [0.1, 0.15) is 11.5 Å². The first kappa shape index (κ1) is 10.2. The molecule has 0 aliphatic heterocycles. The Morgan fingerprint density at radius 2 is 2.20 bits per heavy atom. The Hall–Kier alpha value is -1.35. The minimum absolute atomic E-state index is 0.237. The first-order chi connectivity index (χ1) is 7.20. The maximum absolute atomic E-state index is 13.5. The summed E-state index contributed by atoms with van der Waals surface area (Å²) in [5, 5.41) is 3.76. The molecular formula is C11H9ClFNO. The van der Waals surface area contributed by atoms with E-state index in [9.17, 15) is 4.39 Å². The van der Waals surface area contributed by atoms with Crippen LogP contribution in [0.5, 0.6) is 0 Å². The van der Waals surface area contributed by atoms with E-state index in [1.165, 1.54) is 6.07 Å². The third-order valence-electron chi connectivity index (χ3n) is 2.09. The summed E-state index contributed by atoms with van der Waals surface area (Å²) in [6.07, 6.45) is 0. The van der Waals surface area contributed by atoms with Gasteiger partial charge < -0.3 is 4.52 Å². The first-order valence-corrected chi connectivity index (χ1v) is 5.02. The van der Waals surface area contributed by atoms with E-state index in [0.29, 0.717) is 17.0 Å². The lowest BCUT2D eigenvalue weighted by Gasteiger charge is -1.99. The molecule has 0 N–H and O–H groups in total. The Kier molecular flexibility index (Phi) is 2.73. The highest BCUT2D eigenvalue weighted by Gasteiger charge is 2.10. The summed E-state index contributed by atoms with van der Waals surface area (Å²) in [7, 11) is 0. The van der Waals surface area contributed by atoms with Crippen molar-refractivity contribution >= 4 is 11.6 Å². The summed E-state index contributed by atoms with van der Waals surface area (Å²) in [5.74, 6) is 0.461. The van der Waals surface area contributed by atoms with Crippen molar-refractivity contribution in [3.8, 4) is 11.3 Å². The lowest BCUT2D eigenvalue weighted by atomic mass is 10.1. The lowest BCUT2D eigenvalue weighted by molar-refractivity contribution is 0.396. The normalized spacial score (nSPS) is 10.6. The van der Waals surface area contributed by atoms with Crippen molar-refractivity contribution in [1.29, 1.82) is 0 Å². The van der Waals surface area contributed by atoms with E-state index >= 15 is 0 Å². The van der Waals surface area contributed by atoms with E-state index in [0.717, 1.165) is 5.56 Å². The number of nitrogens with zero attached hydrogens (tertiary/aromatic N) is 1. The molecule has 0 radical (unpaired) electrons. The van der Waals surface area contributed by atoms with Gasteiger partial charge >= 0.3 is 0 Å². The number of rotatable bonds is 2. The smallest absolute Gasteiger partial charge is 0.152 e. The molecule has 0 saturated heterocycles. The fraction of sp³-hybridized carbons (Fsp3) is 0.182. The summed E-state index contributed by atoms with van der Waals surface area (Å²) >= 11 is 5.57. The predicted octanol–water partition coefficient (Wildman–Crippen LogP) is 3.53. The molecule has 4 heteroatoms. The summed E-state index contributed by atoms with van der Waals surface area (Å²) < 4.78 is 18.4. The minimum atomic E-state index is -0.310. The van der Waals surface area contributed by atoms with Gasteiger partial charge in [0.05, 0.1) is 5.88 Å². The zero-order valence-corrected chi connectivity index (χ0v) is 8.88. The molecule has 0 aliphatic carbocycles. The Morgan fingerprint density at radius 1 is 1.40 bits per heavy atom. The van der Waals surface area contributed by atoms with Crippen LogP contribution in [0.1, 0.15) is 11.3 Å². The SMILES string of the molecule is Cc1ccc(F)c(-c2cc(CCl)on2)c1. The monoisotopic (exact) mass is 225 g/mol. The third kappa shape index (κ3) is 2.02. The Morgan fingerprint density at radius 3 is 2.87 bits per heavy atom. The van der Waals surface area contributed by atoms with Crippen molar-refractivity contribution < 1.29 is 8.91 Å². The highest BCUT2D eigenvalue weighted by Crippen LogP contribution is 2.23. The topological polar surface area (TPSA) is 26.0 Å². The average Bonchev–Trinajstić information content (AvgIpc) is 2.70. The molecule has 0 bridgehead atoms. The minimum Gasteiger partial charge on any atom is -0.359 e. The van der Waals surface area contributed by atoms with Crippen molar-refractivity contribution in [2.24, 2.45) is 0 Å². The average molecular weight is 226 g/mol. The van der Waals surface area contributed by atoms with E-state index in [1.54, 1.807) is 18.2 Å². The van der Waals surface area contributed by atoms with Gasteiger partial charge in [-0.3, -0.25) is 0 Å². The van der Waals surface area contributed by atoms with Gasteiger partial charge in [-0.1, -0.05) is 16.8 Å². The van der Waals surface area contributed by atoms with Gasteiger partial charge in [-0.2, -0.15) is 0 Å². The number of aromatic nitrogens is 1. The molecular weight excluding hydrogens is 217 g/mol. The van der Waals surface area contributed by atoms with Crippen molar-refractivity contribution in [3.05, 3.63) is 41.4 Å². The number of aryl methyl sites for hydroxylation is 1. The summed E-state index contributed by atoms with van der Waals surface area (Å²) in [6, 6.07) is 6.50. The number of halogens is 2. The second-order valence-electron chi connectivity index (χ2n) is 3.30. The molecule has 2 aromatic rings. The predicted molar refractivity (Wildman–Crippen MR) is 56.2 cm³/mol. The molecule has 1 heterocycles. The van der Waals surface area contributed by atoms with E-state index < -0.39 is 0 Å². The van der Waals surface area contributed by atoms with E-state index in [1.807, 2.05) is 6.92 Å². The van der Waals surface area contributed by atoms with Gasteiger partial charge in [0.25, 0.3) is 0 Å². The van der Waals surface area contributed by atoms with Crippen LogP contribution in [-0.2, 0) is 5.88 Å². The van der Waals surface area contributed by atoms with Crippen molar-refractivity contribution in [3.63, 3.8) is 0 Å². The Labute approximate surface area is 91.7 Å². The zero-order valence-electron chi connectivity index (χ0n) is 8.13. The van der Waals surface area contributed by atoms with Gasteiger partial charge in [0.15, 0.2) is 5.76 Å². The molecule has 1 aromatic carbocycles. The van der Waals surface area contributed by atoms with Crippen LogP contribution in [-0.4, -0.2) is 5.16 Å². The summed E-state index contributed by atoms with van der Waals surface area (Å²) in [6.45, 7) is 1.89. The molecule has 0 unspecified atom stereocenters. The molecule has 15 heavy (non-hydrogen) atoms. The van der Waals surface area contributed by atoms with Crippen LogP contribution in [0, 0.1) is 12.7 Å². The highest BCUT2D eigenvalue weighted by atomic mass is 35.5. The Balaban J connectivity index is 2.48. The van der Waals surface area contributed by atoms with Crippen LogP contribution in [0.15, 0.2) is 28.8 Å². The van der Waals surface area contributed by atoms with Gasteiger partial charge in [0, 0.05) is 11.6 Å². The summed E-state index contributed by atoms with van der Waals surface area (Å²) in [4.78, 5) is 0. The maximum Gasteiger partial charge on any atom is 0.152 e. The molecule has 2 nitrogen and oxygen atoms in total. The van der Waals surface area contributed by atoms with Crippen LogP contribution in [0.2, 0.25) is 0 Å². The highest BCUT2D eigenvalue weighted by molar-refractivity contribution is 6.16. The maximum atomic E-state index is 13.5. The molecule has 2 rings (SSSR count). The van der Waals surface area contributed by atoms with Gasteiger partial charge in [0.2, 0.25) is 0 Å². The van der Waals surface area contributed by atoms with Crippen LogP contribution in [0.25, 0.3) is 11.3 Å². The second kappa shape index (κ2) is 4.03. The zero-order chi connectivity index (χ0) is 10.8. The molecule has 0 aliphatic rings. The van der Waals surface area contributed by atoms with Crippen molar-refractivity contribution in [2.75, 3.05) is 0 Å². The molecule has 0 amide bonds. The second-order valence-corrected chi connectivity index (χ2v) is 3.56. The van der Waals surface area contributed by atoms with Crippen molar-refractivity contribution in [1.82, 2.24) is 5.16 Å². The lowest BCUT2D eigenvalue weighted by Crippen LogP contribution is -1.85.